The fraction of sp³-hybridized carbons (Fsp3) is 0.778. The van der Waals surface area contributed by atoms with Crippen LogP contribution in [0.25, 0.3) is 0 Å². The van der Waals surface area contributed by atoms with E-state index in [-0.39, 0.29) is 23.8 Å². The molecule has 0 aliphatic carbocycles. The molecule has 2 atom stereocenters. The maximum Gasteiger partial charge on any atom is 0.187 e. The number of hydrogen-bond donors (Lipinski definition) is 0. The smallest absolute Gasteiger partial charge is 0.187 e. The molecule has 0 fully saturated rings. The monoisotopic (exact) mass is 169 g/mol. The molecule has 1 heterocycles. The van der Waals surface area contributed by atoms with Gasteiger partial charge in [0.2, 0.25) is 0 Å². The number of hydrogen-bond acceptors (Lipinski definition) is 3. The van der Waals surface area contributed by atoms with E-state index in [4.69, 9.17) is 4.74 Å². The quantitative estimate of drug-likeness (QED) is 0.627. The minimum Gasteiger partial charge on any atom is -0.475 e. The van der Waals surface area contributed by atoms with E-state index in [9.17, 15) is 4.79 Å². The van der Waals surface area contributed by atoms with Gasteiger partial charge in [-0.2, -0.15) is 0 Å². The van der Waals surface area contributed by atoms with Crippen molar-refractivity contribution in [3.8, 4) is 0 Å². The summed E-state index contributed by atoms with van der Waals surface area (Å²) >= 11 is 0. The molecule has 3 heteroatoms. The molecular weight excluding hydrogens is 154 g/mol. The van der Waals surface area contributed by atoms with Crippen molar-refractivity contribution in [1.82, 2.24) is 0 Å². The van der Waals surface area contributed by atoms with Crippen molar-refractivity contribution < 1.29 is 9.53 Å². The highest BCUT2D eigenvalue weighted by molar-refractivity contribution is 5.89. The third-order valence-electron chi connectivity index (χ3n) is 1.93. The van der Waals surface area contributed by atoms with Crippen LogP contribution in [-0.2, 0) is 9.53 Å². The number of carbonyl (C=O) groups excluding carboxylic acids is 1. The lowest BCUT2D eigenvalue weighted by Crippen LogP contribution is -2.25. The van der Waals surface area contributed by atoms with E-state index in [1.165, 1.54) is 0 Å². The van der Waals surface area contributed by atoms with Crippen LogP contribution >= 0.6 is 0 Å². The van der Waals surface area contributed by atoms with Crippen LogP contribution in [0.15, 0.2) is 4.99 Å². The summed E-state index contributed by atoms with van der Waals surface area (Å²) < 4.78 is 5.43. The number of aliphatic imine (C=N–C) groups is 1. The molecule has 0 aromatic carbocycles. The highest BCUT2D eigenvalue weighted by Gasteiger charge is 2.31. The van der Waals surface area contributed by atoms with Crippen LogP contribution < -0.4 is 0 Å². The van der Waals surface area contributed by atoms with E-state index in [0.717, 1.165) is 0 Å². The summed E-state index contributed by atoms with van der Waals surface area (Å²) in [6.45, 7) is 7.45. The SMILES string of the molecule is CC(=O)C1N=C(C(C)C)OC1C. The summed E-state index contributed by atoms with van der Waals surface area (Å²) in [4.78, 5) is 15.3. The van der Waals surface area contributed by atoms with Crippen molar-refractivity contribution in [3.63, 3.8) is 0 Å². The maximum absolute atomic E-state index is 11.0. The van der Waals surface area contributed by atoms with E-state index in [2.05, 4.69) is 4.99 Å². The summed E-state index contributed by atoms with van der Waals surface area (Å²) in [5.41, 5.74) is 0. The number of Topliss-reactive ketones (excluding diaryl/α,β-unsaturated/α-hetero) is 1. The Balaban J connectivity index is 2.73. The van der Waals surface area contributed by atoms with Gasteiger partial charge < -0.3 is 4.74 Å². The van der Waals surface area contributed by atoms with E-state index in [1.807, 2.05) is 20.8 Å². The second kappa shape index (κ2) is 3.25. The van der Waals surface area contributed by atoms with Crippen molar-refractivity contribution in [2.45, 2.75) is 39.8 Å². The number of carbonyl (C=O) groups is 1. The Hall–Kier alpha value is -0.860. The van der Waals surface area contributed by atoms with Crippen molar-refractivity contribution in [3.05, 3.63) is 0 Å². The average molecular weight is 169 g/mol. The molecule has 1 aliphatic rings. The molecule has 1 rings (SSSR count). The van der Waals surface area contributed by atoms with Gasteiger partial charge in [-0.25, -0.2) is 4.99 Å². The molecule has 0 aromatic rings. The largest absolute Gasteiger partial charge is 0.475 e. The van der Waals surface area contributed by atoms with Crippen LogP contribution in [0.5, 0.6) is 0 Å². The van der Waals surface area contributed by atoms with Crippen molar-refractivity contribution >= 4 is 11.7 Å². The van der Waals surface area contributed by atoms with E-state index >= 15 is 0 Å². The molecule has 1 aliphatic heterocycles. The van der Waals surface area contributed by atoms with Gasteiger partial charge >= 0.3 is 0 Å². The summed E-state index contributed by atoms with van der Waals surface area (Å²) in [5.74, 6) is 1.07. The molecular formula is C9H15NO2. The Bertz CT molecular complexity index is 221. The molecule has 0 radical (unpaired) electrons. The zero-order chi connectivity index (χ0) is 9.30. The van der Waals surface area contributed by atoms with Gasteiger partial charge in [0.25, 0.3) is 0 Å². The first-order valence-electron chi connectivity index (χ1n) is 4.27. The predicted octanol–water partition coefficient (Wildman–Crippen LogP) is 1.42. The topological polar surface area (TPSA) is 38.7 Å². The van der Waals surface area contributed by atoms with E-state index < -0.39 is 0 Å². The lowest BCUT2D eigenvalue weighted by molar-refractivity contribution is -0.119. The van der Waals surface area contributed by atoms with Crippen molar-refractivity contribution in [2.75, 3.05) is 0 Å². The van der Waals surface area contributed by atoms with Crippen molar-refractivity contribution in [1.29, 1.82) is 0 Å². The first-order valence-corrected chi connectivity index (χ1v) is 4.27. The summed E-state index contributed by atoms with van der Waals surface area (Å²) in [7, 11) is 0. The van der Waals surface area contributed by atoms with E-state index in [0.29, 0.717) is 5.90 Å². The molecule has 0 saturated heterocycles. The Morgan fingerprint density at radius 1 is 1.58 bits per heavy atom. The van der Waals surface area contributed by atoms with Gasteiger partial charge in [0.05, 0.1) is 0 Å². The molecule has 0 N–H and O–H groups in total. The van der Waals surface area contributed by atoms with Gasteiger partial charge in [0, 0.05) is 5.92 Å². The van der Waals surface area contributed by atoms with Crippen LogP contribution in [0.4, 0.5) is 0 Å². The maximum atomic E-state index is 11.0. The normalized spacial score (nSPS) is 28.6. The Morgan fingerprint density at radius 3 is 2.42 bits per heavy atom. The Morgan fingerprint density at radius 2 is 2.17 bits per heavy atom. The van der Waals surface area contributed by atoms with Crippen LogP contribution in [-0.4, -0.2) is 23.8 Å². The van der Waals surface area contributed by atoms with Gasteiger partial charge in [-0.3, -0.25) is 4.79 Å². The van der Waals surface area contributed by atoms with Gasteiger partial charge in [-0.05, 0) is 13.8 Å². The van der Waals surface area contributed by atoms with Crippen LogP contribution in [0, 0.1) is 5.92 Å². The molecule has 3 nitrogen and oxygen atoms in total. The summed E-state index contributed by atoms with van der Waals surface area (Å²) in [6, 6.07) is -0.276. The molecule has 0 bridgehead atoms. The van der Waals surface area contributed by atoms with Gasteiger partial charge in [-0.15, -0.1) is 0 Å². The molecule has 0 aromatic heterocycles. The molecule has 0 saturated carbocycles. The number of ketones is 1. The van der Waals surface area contributed by atoms with Crippen molar-refractivity contribution in [2.24, 2.45) is 10.9 Å². The second-order valence-corrected chi connectivity index (χ2v) is 3.50. The van der Waals surface area contributed by atoms with Gasteiger partial charge in [-0.1, -0.05) is 13.8 Å². The third-order valence-corrected chi connectivity index (χ3v) is 1.93. The number of ether oxygens (including phenoxy) is 1. The second-order valence-electron chi connectivity index (χ2n) is 3.50. The standard InChI is InChI=1S/C9H15NO2/c1-5(2)9-10-8(6(3)11)7(4)12-9/h5,7-8H,1-4H3. The Kier molecular flexibility index (Phi) is 2.50. The lowest BCUT2D eigenvalue weighted by atomic mass is 10.1. The summed E-state index contributed by atoms with van der Waals surface area (Å²) in [5, 5.41) is 0. The fourth-order valence-corrected chi connectivity index (χ4v) is 1.23. The molecule has 68 valence electrons. The average Bonchev–Trinajstić information content (AvgIpc) is 2.30. The molecule has 2 unspecified atom stereocenters. The highest BCUT2D eigenvalue weighted by atomic mass is 16.5. The lowest BCUT2D eigenvalue weighted by Gasteiger charge is -2.10. The van der Waals surface area contributed by atoms with Crippen LogP contribution in [0.1, 0.15) is 27.7 Å². The zero-order valence-electron chi connectivity index (χ0n) is 8.00. The highest BCUT2D eigenvalue weighted by Crippen LogP contribution is 2.17. The van der Waals surface area contributed by atoms with Gasteiger partial charge in [0.15, 0.2) is 11.7 Å². The van der Waals surface area contributed by atoms with E-state index in [1.54, 1.807) is 6.92 Å². The summed E-state index contributed by atoms with van der Waals surface area (Å²) in [6.07, 6.45) is -0.0834. The molecule has 12 heavy (non-hydrogen) atoms. The minimum absolute atomic E-state index is 0.0816. The van der Waals surface area contributed by atoms with Crippen LogP contribution in [0.3, 0.4) is 0 Å². The Labute approximate surface area is 72.8 Å². The van der Waals surface area contributed by atoms with Gasteiger partial charge in [0.1, 0.15) is 12.1 Å². The third kappa shape index (κ3) is 1.65. The zero-order valence-corrected chi connectivity index (χ0v) is 8.00. The molecule has 0 amide bonds. The predicted molar refractivity (Wildman–Crippen MR) is 47.3 cm³/mol. The van der Waals surface area contributed by atoms with Crippen LogP contribution in [0.2, 0.25) is 0 Å². The number of rotatable bonds is 2. The number of nitrogens with zero attached hydrogens (tertiary/aromatic N) is 1. The minimum atomic E-state index is -0.276. The molecule has 0 spiro atoms. The fourth-order valence-electron chi connectivity index (χ4n) is 1.23. The first kappa shape index (κ1) is 9.23. The first-order chi connectivity index (χ1) is 5.52.